The molecule has 0 saturated carbocycles. The monoisotopic (exact) mass is 307 g/mol. The highest BCUT2D eigenvalue weighted by atomic mass is 32.2. The molecule has 110 valence electrons. The predicted molar refractivity (Wildman–Crippen MR) is 77.2 cm³/mol. The molecule has 2 rings (SSSR count). The molecule has 9 heteroatoms. The van der Waals surface area contributed by atoms with Crippen molar-refractivity contribution >= 4 is 23.9 Å². The molecule has 0 aliphatic rings. The van der Waals surface area contributed by atoms with E-state index in [2.05, 4.69) is 20.7 Å². The van der Waals surface area contributed by atoms with Gasteiger partial charge in [-0.05, 0) is 12.1 Å². The Kier molecular flexibility index (Phi) is 4.77. The summed E-state index contributed by atoms with van der Waals surface area (Å²) in [6, 6.07) is 4.08. The molecule has 0 fully saturated rings. The smallest absolute Gasteiger partial charge is 0.250 e. The average molecular weight is 307 g/mol. The summed E-state index contributed by atoms with van der Waals surface area (Å²) in [4.78, 5) is 11.6. The van der Waals surface area contributed by atoms with Gasteiger partial charge in [-0.1, -0.05) is 11.8 Å². The number of nitrogens with one attached hydrogen (secondary N) is 1. The van der Waals surface area contributed by atoms with Gasteiger partial charge in [0.1, 0.15) is 17.8 Å². The zero-order valence-corrected chi connectivity index (χ0v) is 11.9. The lowest BCUT2D eigenvalue weighted by Crippen LogP contribution is -2.19. The van der Waals surface area contributed by atoms with Crippen LogP contribution in [-0.4, -0.2) is 42.9 Å². The first-order chi connectivity index (χ1) is 10.1. The third-order valence-electron chi connectivity index (χ3n) is 2.41. The van der Waals surface area contributed by atoms with Crippen molar-refractivity contribution in [1.82, 2.24) is 20.2 Å². The zero-order valence-electron chi connectivity index (χ0n) is 11.1. The van der Waals surface area contributed by atoms with Crippen molar-refractivity contribution < 1.29 is 15.0 Å². The van der Waals surface area contributed by atoms with E-state index in [1.54, 1.807) is 17.9 Å². The fraction of sp³-hybridized carbons (Fsp3) is 0.167. The van der Waals surface area contributed by atoms with Crippen LogP contribution in [0.1, 0.15) is 5.56 Å². The number of hydrogen-bond donors (Lipinski definition) is 3. The Balaban J connectivity index is 1.83. The van der Waals surface area contributed by atoms with E-state index < -0.39 is 0 Å². The van der Waals surface area contributed by atoms with E-state index in [1.165, 1.54) is 36.2 Å². The number of aryl methyl sites for hydroxylation is 1. The summed E-state index contributed by atoms with van der Waals surface area (Å²) in [7, 11) is 1.78. The maximum absolute atomic E-state index is 11.6. The minimum Gasteiger partial charge on any atom is -0.508 e. The van der Waals surface area contributed by atoms with Crippen molar-refractivity contribution in [2.24, 2.45) is 12.1 Å². The van der Waals surface area contributed by atoms with Crippen molar-refractivity contribution in [3.63, 3.8) is 0 Å². The SMILES string of the molecule is Cn1cnnc1SCC(=O)N/N=C\c1ccc(O)cc1O. The molecule has 8 nitrogen and oxygen atoms in total. The number of carbonyl (C=O) groups excluding carboxylic acids is 1. The number of nitrogens with zero attached hydrogens (tertiary/aromatic N) is 4. The number of thioether (sulfide) groups is 1. The normalized spacial score (nSPS) is 10.9. The lowest BCUT2D eigenvalue weighted by Gasteiger charge is -2.01. The van der Waals surface area contributed by atoms with Crippen LogP contribution in [0.4, 0.5) is 0 Å². The van der Waals surface area contributed by atoms with E-state index in [1.807, 2.05) is 0 Å². The van der Waals surface area contributed by atoms with Gasteiger partial charge in [0, 0.05) is 18.7 Å². The van der Waals surface area contributed by atoms with Gasteiger partial charge in [-0.25, -0.2) is 5.43 Å². The molecule has 0 radical (unpaired) electrons. The fourth-order valence-electron chi connectivity index (χ4n) is 1.38. The summed E-state index contributed by atoms with van der Waals surface area (Å²) in [6.45, 7) is 0. The highest BCUT2D eigenvalue weighted by Crippen LogP contribution is 2.20. The molecule has 0 atom stereocenters. The molecular formula is C12H13N5O3S. The van der Waals surface area contributed by atoms with Crippen LogP contribution >= 0.6 is 11.8 Å². The van der Waals surface area contributed by atoms with Gasteiger partial charge < -0.3 is 14.8 Å². The number of aromatic hydroxyl groups is 2. The lowest BCUT2D eigenvalue weighted by atomic mass is 10.2. The first-order valence-electron chi connectivity index (χ1n) is 5.87. The molecule has 3 N–H and O–H groups in total. The summed E-state index contributed by atoms with van der Waals surface area (Å²) in [6.07, 6.45) is 2.84. The summed E-state index contributed by atoms with van der Waals surface area (Å²) < 4.78 is 1.70. The summed E-state index contributed by atoms with van der Waals surface area (Å²) in [5.41, 5.74) is 2.72. The summed E-state index contributed by atoms with van der Waals surface area (Å²) in [5, 5.41) is 30.6. The van der Waals surface area contributed by atoms with Gasteiger partial charge in [0.2, 0.25) is 0 Å². The Hall–Kier alpha value is -2.55. The molecule has 1 amide bonds. The van der Waals surface area contributed by atoms with Crippen LogP contribution in [0.25, 0.3) is 0 Å². The fourth-order valence-corrected chi connectivity index (χ4v) is 2.06. The first-order valence-corrected chi connectivity index (χ1v) is 6.85. The van der Waals surface area contributed by atoms with Crippen LogP contribution in [0, 0.1) is 0 Å². The van der Waals surface area contributed by atoms with Gasteiger partial charge >= 0.3 is 0 Å². The zero-order chi connectivity index (χ0) is 15.2. The number of phenols is 2. The van der Waals surface area contributed by atoms with Gasteiger partial charge in [0.05, 0.1) is 12.0 Å². The minimum absolute atomic E-state index is 0.0474. The number of phenolic OH excluding ortho intramolecular Hbond substituents is 2. The Morgan fingerprint density at radius 1 is 1.52 bits per heavy atom. The Bertz CT molecular complexity index is 671. The number of aromatic nitrogens is 3. The summed E-state index contributed by atoms with van der Waals surface area (Å²) in [5.74, 6) is -0.335. The molecule has 0 aliphatic heterocycles. The number of amides is 1. The Morgan fingerprint density at radius 3 is 3.00 bits per heavy atom. The molecule has 1 heterocycles. The van der Waals surface area contributed by atoms with Crippen molar-refractivity contribution in [2.75, 3.05) is 5.75 Å². The minimum atomic E-state index is -0.308. The second-order valence-electron chi connectivity index (χ2n) is 4.05. The van der Waals surface area contributed by atoms with Crippen LogP contribution in [-0.2, 0) is 11.8 Å². The quantitative estimate of drug-likeness (QED) is 0.420. The van der Waals surface area contributed by atoms with Crippen molar-refractivity contribution in [3.05, 3.63) is 30.1 Å². The van der Waals surface area contributed by atoms with Crippen LogP contribution in [0.3, 0.4) is 0 Å². The molecule has 21 heavy (non-hydrogen) atoms. The van der Waals surface area contributed by atoms with Crippen LogP contribution in [0.2, 0.25) is 0 Å². The second-order valence-corrected chi connectivity index (χ2v) is 4.99. The third-order valence-corrected chi connectivity index (χ3v) is 3.44. The summed E-state index contributed by atoms with van der Waals surface area (Å²) >= 11 is 1.23. The molecule has 1 aromatic carbocycles. The number of carbonyl (C=O) groups is 1. The molecule has 0 spiro atoms. The standard InChI is InChI=1S/C12H13N5O3S/c1-17-7-14-16-12(17)21-6-11(20)15-13-5-8-2-3-9(18)4-10(8)19/h2-5,7,18-19H,6H2,1H3,(H,15,20)/b13-5-. The number of hydrazone groups is 1. The predicted octanol–water partition coefficient (Wildman–Crippen LogP) is 0.469. The van der Waals surface area contributed by atoms with Gasteiger partial charge in [-0.3, -0.25) is 4.79 Å². The van der Waals surface area contributed by atoms with Crippen LogP contribution in [0.5, 0.6) is 11.5 Å². The first kappa shape index (κ1) is 14.9. The molecular weight excluding hydrogens is 294 g/mol. The molecule has 0 bridgehead atoms. The molecule has 0 aliphatic carbocycles. The van der Waals surface area contributed by atoms with Gasteiger partial charge in [-0.15, -0.1) is 10.2 Å². The van der Waals surface area contributed by atoms with E-state index in [9.17, 15) is 9.90 Å². The molecule has 1 aromatic heterocycles. The topological polar surface area (TPSA) is 113 Å². The van der Waals surface area contributed by atoms with E-state index in [0.29, 0.717) is 10.7 Å². The number of rotatable bonds is 5. The highest BCUT2D eigenvalue weighted by Gasteiger charge is 2.06. The van der Waals surface area contributed by atoms with Gasteiger partial charge in [-0.2, -0.15) is 5.10 Å². The Labute approximate surface area is 124 Å². The number of hydrogen-bond acceptors (Lipinski definition) is 7. The van der Waals surface area contributed by atoms with E-state index in [-0.39, 0.29) is 23.2 Å². The van der Waals surface area contributed by atoms with E-state index >= 15 is 0 Å². The number of benzene rings is 1. The van der Waals surface area contributed by atoms with Crippen molar-refractivity contribution in [2.45, 2.75) is 5.16 Å². The molecule has 0 unspecified atom stereocenters. The van der Waals surface area contributed by atoms with Crippen molar-refractivity contribution in [1.29, 1.82) is 0 Å². The van der Waals surface area contributed by atoms with Crippen LogP contribution < -0.4 is 5.43 Å². The third kappa shape index (κ3) is 4.21. The molecule has 0 saturated heterocycles. The van der Waals surface area contributed by atoms with Gasteiger partial charge in [0.25, 0.3) is 5.91 Å². The highest BCUT2D eigenvalue weighted by molar-refractivity contribution is 7.99. The lowest BCUT2D eigenvalue weighted by molar-refractivity contribution is -0.118. The van der Waals surface area contributed by atoms with Gasteiger partial charge in [0.15, 0.2) is 5.16 Å². The molecule has 2 aromatic rings. The van der Waals surface area contributed by atoms with E-state index in [0.717, 1.165) is 0 Å². The maximum Gasteiger partial charge on any atom is 0.250 e. The maximum atomic E-state index is 11.6. The Morgan fingerprint density at radius 2 is 2.33 bits per heavy atom. The largest absolute Gasteiger partial charge is 0.508 e. The van der Waals surface area contributed by atoms with Crippen molar-refractivity contribution in [3.8, 4) is 11.5 Å². The van der Waals surface area contributed by atoms with E-state index in [4.69, 9.17) is 5.11 Å². The van der Waals surface area contributed by atoms with Crippen LogP contribution in [0.15, 0.2) is 34.8 Å². The second kappa shape index (κ2) is 6.75. The average Bonchev–Trinajstić information content (AvgIpc) is 2.84.